The Morgan fingerprint density at radius 2 is 2.29 bits per heavy atom. The van der Waals surface area contributed by atoms with Crippen LogP contribution in [0, 0.1) is 0 Å². The fourth-order valence-corrected chi connectivity index (χ4v) is 5.28. The molecule has 1 aliphatic heterocycles. The van der Waals surface area contributed by atoms with Crippen molar-refractivity contribution in [2.45, 2.75) is 42.6 Å². The van der Waals surface area contributed by atoms with Gasteiger partial charge < -0.3 is 10.1 Å². The van der Waals surface area contributed by atoms with Crippen molar-refractivity contribution in [1.82, 2.24) is 10.3 Å². The highest BCUT2D eigenvalue weighted by molar-refractivity contribution is 7.90. The van der Waals surface area contributed by atoms with Gasteiger partial charge in [0.2, 0.25) is 0 Å². The number of halogens is 1. The van der Waals surface area contributed by atoms with Crippen LogP contribution in [-0.2, 0) is 15.6 Å². The van der Waals surface area contributed by atoms with Crippen LogP contribution in [-0.4, -0.2) is 32.1 Å². The van der Waals surface area contributed by atoms with Gasteiger partial charge in [0.1, 0.15) is 22.6 Å². The van der Waals surface area contributed by atoms with Crippen LogP contribution in [0.2, 0.25) is 5.02 Å². The minimum atomic E-state index is -3.47. The molecule has 5 nitrogen and oxygen atoms in total. The quantitative estimate of drug-likeness (QED) is 0.853. The van der Waals surface area contributed by atoms with E-state index in [9.17, 15) is 8.42 Å². The van der Waals surface area contributed by atoms with E-state index in [4.69, 9.17) is 16.3 Å². The van der Waals surface area contributed by atoms with E-state index >= 15 is 0 Å². The molecule has 0 spiro atoms. The first-order valence-electron chi connectivity index (χ1n) is 7.75. The van der Waals surface area contributed by atoms with Gasteiger partial charge in [-0.1, -0.05) is 11.6 Å². The van der Waals surface area contributed by atoms with Gasteiger partial charge in [-0.05, 0) is 44.5 Å². The third-order valence-electron chi connectivity index (χ3n) is 3.93. The predicted octanol–water partition coefficient (Wildman–Crippen LogP) is 3.29. The Morgan fingerprint density at radius 1 is 1.46 bits per heavy atom. The first-order valence-corrected chi connectivity index (χ1v) is 10.7. The van der Waals surface area contributed by atoms with Gasteiger partial charge in [-0.2, -0.15) is 0 Å². The van der Waals surface area contributed by atoms with Crippen LogP contribution < -0.4 is 10.1 Å². The summed E-state index contributed by atoms with van der Waals surface area (Å²) in [5, 5.41) is 6.01. The van der Waals surface area contributed by atoms with E-state index in [1.807, 2.05) is 0 Å². The summed E-state index contributed by atoms with van der Waals surface area (Å²) < 4.78 is 30.9. The maximum atomic E-state index is 12.5. The Morgan fingerprint density at radius 3 is 2.96 bits per heavy atom. The number of aromatic nitrogens is 1. The third-order valence-corrected chi connectivity index (χ3v) is 6.81. The average molecular weight is 387 g/mol. The number of rotatable bonds is 5. The maximum absolute atomic E-state index is 12.5. The van der Waals surface area contributed by atoms with Gasteiger partial charge >= 0.3 is 0 Å². The van der Waals surface area contributed by atoms with E-state index < -0.39 is 9.84 Å². The van der Waals surface area contributed by atoms with Crippen molar-refractivity contribution in [1.29, 1.82) is 0 Å². The van der Waals surface area contributed by atoms with Crippen LogP contribution in [0.4, 0.5) is 0 Å². The highest BCUT2D eigenvalue weighted by atomic mass is 35.5. The molecule has 130 valence electrons. The van der Waals surface area contributed by atoms with E-state index in [1.165, 1.54) is 17.4 Å². The molecule has 0 radical (unpaired) electrons. The second kappa shape index (κ2) is 7.39. The number of hydrogen-bond donors (Lipinski definition) is 1. The number of nitrogens with one attached hydrogen (secondary N) is 1. The molecule has 1 N–H and O–H groups in total. The minimum absolute atomic E-state index is 0.0940. The topological polar surface area (TPSA) is 68.3 Å². The molecule has 2 heterocycles. The highest BCUT2D eigenvalue weighted by Gasteiger charge is 2.22. The second-order valence-corrected chi connectivity index (χ2v) is 9.27. The van der Waals surface area contributed by atoms with Crippen LogP contribution in [0.25, 0.3) is 0 Å². The van der Waals surface area contributed by atoms with Gasteiger partial charge in [0.25, 0.3) is 0 Å². The van der Waals surface area contributed by atoms with Crippen molar-refractivity contribution in [3.05, 3.63) is 39.8 Å². The van der Waals surface area contributed by atoms with E-state index in [0.29, 0.717) is 21.8 Å². The van der Waals surface area contributed by atoms with E-state index in [0.717, 1.165) is 19.4 Å². The first kappa shape index (κ1) is 17.7. The third kappa shape index (κ3) is 4.27. The van der Waals surface area contributed by atoms with E-state index in [1.54, 1.807) is 23.7 Å². The summed E-state index contributed by atoms with van der Waals surface area (Å²) >= 11 is 7.58. The van der Waals surface area contributed by atoms with Crippen molar-refractivity contribution >= 4 is 32.8 Å². The molecule has 1 fully saturated rings. The van der Waals surface area contributed by atoms with Crippen LogP contribution >= 0.6 is 22.9 Å². The predicted molar refractivity (Wildman–Crippen MR) is 95.6 cm³/mol. The smallest absolute Gasteiger partial charge is 0.184 e. The van der Waals surface area contributed by atoms with Gasteiger partial charge in [0.15, 0.2) is 9.84 Å². The fraction of sp³-hybridized carbons (Fsp3) is 0.438. The van der Waals surface area contributed by atoms with Gasteiger partial charge in [-0.25, -0.2) is 13.4 Å². The van der Waals surface area contributed by atoms with Crippen molar-refractivity contribution < 1.29 is 13.2 Å². The van der Waals surface area contributed by atoms with Crippen LogP contribution in [0.3, 0.4) is 0 Å². The number of hydrogen-bond acceptors (Lipinski definition) is 6. The first-order chi connectivity index (χ1) is 11.4. The van der Waals surface area contributed by atoms with Crippen LogP contribution in [0.15, 0.2) is 34.7 Å². The standard InChI is InChI=1S/C16H19ClN2O3S2/c1-11-8-12(4-5-18-11)22-15-3-2-13(9-14(15)17)24(20,21)10-16-19-6-7-23-16/h2-3,6-7,9,11-12,18H,4-5,8,10H2,1H3/t11-,12?/m1/s1. The number of thiazole rings is 1. The number of nitrogens with zero attached hydrogens (tertiary/aromatic N) is 1. The zero-order valence-corrected chi connectivity index (χ0v) is 15.6. The minimum Gasteiger partial charge on any atom is -0.489 e. The summed E-state index contributed by atoms with van der Waals surface area (Å²) in [5.74, 6) is 0.413. The Balaban J connectivity index is 1.74. The normalized spacial score (nSPS) is 21.6. The molecule has 1 saturated heterocycles. The molecule has 8 heteroatoms. The number of ether oxygens (including phenoxy) is 1. The molecule has 3 rings (SSSR count). The maximum Gasteiger partial charge on any atom is 0.184 e. The highest BCUT2D eigenvalue weighted by Crippen LogP contribution is 2.31. The molecule has 1 aromatic heterocycles. The van der Waals surface area contributed by atoms with Crippen LogP contribution in [0.1, 0.15) is 24.8 Å². The summed E-state index contributed by atoms with van der Waals surface area (Å²) in [6.45, 7) is 3.02. The van der Waals surface area contributed by atoms with Gasteiger partial charge in [0, 0.05) is 17.6 Å². The van der Waals surface area contributed by atoms with Crippen molar-refractivity contribution in [3.8, 4) is 5.75 Å². The van der Waals surface area contributed by atoms with Crippen molar-refractivity contribution in [3.63, 3.8) is 0 Å². The summed E-state index contributed by atoms with van der Waals surface area (Å²) in [4.78, 5) is 4.22. The second-order valence-electron chi connectivity index (χ2n) is 5.90. The van der Waals surface area contributed by atoms with Gasteiger partial charge in [0.05, 0.1) is 9.92 Å². The van der Waals surface area contributed by atoms with E-state index in [-0.39, 0.29) is 16.8 Å². The average Bonchev–Trinajstić information content (AvgIpc) is 3.01. The molecule has 0 amide bonds. The van der Waals surface area contributed by atoms with E-state index in [2.05, 4.69) is 17.2 Å². The zero-order valence-electron chi connectivity index (χ0n) is 13.2. The van der Waals surface area contributed by atoms with Gasteiger partial charge in [-0.15, -0.1) is 11.3 Å². The molecule has 2 atom stereocenters. The van der Waals surface area contributed by atoms with Crippen molar-refractivity contribution in [2.24, 2.45) is 0 Å². The molecule has 24 heavy (non-hydrogen) atoms. The lowest BCUT2D eigenvalue weighted by molar-refractivity contribution is 0.144. The molecule has 0 bridgehead atoms. The lowest BCUT2D eigenvalue weighted by Gasteiger charge is -2.28. The molecule has 2 aromatic rings. The Labute approximate surface area is 150 Å². The zero-order chi connectivity index (χ0) is 17.2. The SMILES string of the molecule is C[C@@H]1CC(Oc2ccc(S(=O)(=O)Cc3nccs3)cc2Cl)CCN1. The lowest BCUT2D eigenvalue weighted by Crippen LogP contribution is -2.40. The summed E-state index contributed by atoms with van der Waals surface area (Å²) in [6.07, 6.45) is 3.50. The monoisotopic (exact) mass is 386 g/mol. The molecule has 1 aromatic carbocycles. The lowest BCUT2D eigenvalue weighted by atomic mass is 10.0. The van der Waals surface area contributed by atoms with Gasteiger partial charge in [-0.3, -0.25) is 0 Å². The Kier molecular flexibility index (Phi) is 5.44. The molecule has 1 aliphatic rings. The summed E-state index contributed by atoms with van der Waals surface area (Å²) in [5.41, 5.74) is 0. The summed E-state index contributed by atoms with van der Waals surface area (Å²) in [6, 6.07) is 5.06. The van der Waals surface area contributed by atoms with Crippen LogP contribution in [0.5, 0.6) is 5.75 Å². The molecule has 0 saturated carbocycles. The molecule has 0 aliphatic carbocycles. The largest absolute Gasteiger partial charge is 0.489 e. The number of benzene rings is 1. The summed E-state index contributed by atoms with van der Waals surface area (Å²) in [7, 11) is -3.47. The molecular formula is C16H19ClN2O3S2. The Bertz CT molecular complexity index is 794. The van der Waals surface area contributed by atoms with Crippen molar-refractivity contribution in [2.75, 3.05) is 6.54 Å². The number of sulfone groups is 1. The molecule has 1 unspecified atom stereocenters. The Hall–Kier alpha value is -1.15. The number of piperidine rings is 1. The molecular weight excluding hydrogens is 368 g/mol. The fourth-order valence-electron chi connectivity index (χ4n) is 2.71.